The second-order valence-electron chi connectivity index (χ2n) is 8.97. The van der Waals surface area contributed by atoms with Crippen molar-refractivity contribution in [3.05, 3.63) is 0 Å². The Hall–Kier alpha value is -0.950. The minimum atomic E-state index is -7.27. The Balaban J connectivity index is 0. The summed E-state index contributed by atoms with van der Waals surface area (Å²) >= 11 is 0. The van der Waals surface area contributed by atoms with Crippen molar-refractivity contribution in [3.8, 4) is 0 Å². The van der Waals surface area contributed by atoms with Crippen LogP contribution in [0.3, 0.4) is 0 Å². The third-order valence-electron chi connectivity index (χ3n) is 5.17. The van der Waals surface area contributed by atoms with Gasteiger partial charge >= 0.3 is 77.4 Å². The molecule has 0 saturated carbocycles. The van der Waals surface area contributed by atoms with Crippen molar-refractivity contribution in [3.63, 3.8) is 0 Å². The first-order chi connectivity index (χ1) is 18.8. The zero-order valence-electron chi connectivity index (χ0n) is 22.6. The molecule has 1 atom stereocenters. The van der Waals surface area contributed by atoms with Crippen LogP contribution in [0, 0.1) is 0 Å². The van der Waals surface area contributed by atoms with Gasteiger partial charge in [0.15, 0.2) is 5.79 Å². The molecule has 258 valence electrons. The average molecular weight is 717 g/mol. The molecule has 0 radical (unpaired) electrons. The summed E-state index contributed by atoms with van der Waals surface area (Å²) in [4.78, 5) is 11.7. The fourth-order valence-corrected chi connectivity index (χ4v) is 3.14. The molecule has 0 spiro atoms. The second kappa shape index (κ2) is 15.3. The van der Waals surface area contributed by atoms with Crippen LogP contribution in [-0.2, 0) is 24.3 Å². The van der Waals surface area contributed by atoms with Crippen molar-refractivity contribution in [1.29, 1.82) is 0 Å². The van der Waals surface area contributed by atoms with E-state index in [1.165, 1.54) is 0 Å². The van der Waals surface area contributed by atoms with E-state index in [9.17, 15) is 83.6 Å². The van der Waals surface area contributed by atoms with E-state index in [1.54, 1.807) is 5.32 Å². The Bertz CT molecular complexity index is 1040. The van der Waals surface area contributed by atoms with E-state index in [4.69, 9.17) is 0 Å². The van der Waals surface area contributed by atoms with Crippen molar-refractivity contribution in [1.82, 2.24) is 5.32 Å². The SMILES string of the molecule is CC(COC(=O)NCCCS(=O)(=O)[O-])(OCCC(F)(F)C(F)(F)C(C)(F)F)OCCC(F)(F)C(F)(F)C(F)(F)C(F)(F)F.[Na+]. The summed E-state index contributed by atoms with van der Waals surface area (Å²) in [6.07, 6.45) is -14.2. The van der Waals surface area contributed by atoms with E-state index in [0.717, 1.165) is 0 Å². The number of ether oxygens (including phenoxy) is 3. The molecule has 0 aromatic heterocycles. The minimum Gasteiger partial charge on any atom is -0.748 e. The molecular formula is C19H23F15NNaO7S. The largest absolute Gasteiger partial charge is 1.00 e. The van der Waals surface area contributed by atoms with Crippen LogP contribution in [0.2, 0.25) is 0 Å². The Morgan fingerprint density at radius 2 is 1.14 bits per heavy atom. The summed E-state index contributed by atoms with van der Waals surface area (Å²) in [5.41, 5.74) is 0. The number of alkyl carbamates (subject to hydrolysis) is 1. The van der Waals surface area contributed by atoms with Gasteiger partial charge in [-0.15, -0.1) is 0 Å². The van der Waals surface area contributed by atoms with Crippen LogP contribution in [0.4, 0.5) is 70.7 Å². The molecule has 8 nitrogen and oxygen atoms in total. The monoisotopic (exact) mass is 717 g/mol. The van der Waals surface area contributed by atoms with Gasteiger partial charge in [0.2, 0.25) is 0 Å². The number of halogens is 15. The summed E-state index contributed by atoms with van der Waals surface area (Å²) in [5.74, 6) is -41.3. The first-order valence-corrected chi connectivity index (χ1v) is 12.8. The molecule has 0 heterocycles. The van der Waals surface area contributed by atoms with Crippen LogP contribution in [0.5, 0.6) is 0 Å². The zero-order chi connectivity index (χ0) is 34.6. The predicted molar refractivity (Wildman–Crippen MR) is 109 cm³/mol. The first kappa shape index (κ1) is 45.2. The molecule has 1 N–H and O–H groups in total. The number of hydrogen-bond acceptors (Lipinski definition) is 7. The van der Waals surface area contributed by atoms with E-state index in [1.807, 2.05) is 0 Å². The van der Waals surface area contributed by atoms with Crippen LogP contribution >= 0.6 is 0 Å². The van der Waals surface area contributed by atoms with Crippen LogP contribution in [0.1, 0.15) is 33.1 Å². The van der Waals surface area contributed by atoms with Gasteiger partial charge in [-0.1, -0.05) is 0 Å². The van der Waals surface area contributed by atoms with Crippen LogP contribution < -0.4 is 34.9 Å². The Morgan fingerprint density at radius 1 is 0.727 bits per heavy atom. The molecule has 0 aliphatic rings. The maximum atomic E-state index is 13.8. The van der Waals surface area contributed by atoms with Gasteiger partial charge in [0.05, 0.1) is 23.3 Å². The molecule has 0 aromatic rings. The van der Waals surface area contributed by atoms with Gasteiger partial charge in [0.1, 0.15) is 6.61 Å². The number of rotatable bonds is 18. The van der Waals surface area contributed by atoms with Crippen LogP contribution in [-0.4, -0.2) is 98.7 Å². The first-order valence-electron chi connectivity index (χ1n) is 11.2. The summed E-state index contributed by atoms with van der Waals surface area (Å²) in [6.45, 7) is -5.90. The number of carbonyl (C=O) groups excluding carboxylic acids is 1. The molecule has 0 aliphatic heterocycles. The third-order valence-corrected chi connectivity index (χ3v) is 5.96. The molecule has 0 aliphatic carbocycles. The smallest absolute Gasteiger partial charge is 0.748 e. The van der Waals surface area contributed by atoms with Crippen molar-refractivity contribution >= 4 is 16.2 Å². The van der Waals surface area contributed by atoms with Gasteiger partial charge in [0, 0.05) is 32.1 Å². The molecule has 1 unspecified atom stereocenters. The number of alkyl halides is 15. The number of amides is 1. The molecule has 0 saturated heterocycles. The normalized spacial score (nSPS) is 15.8. The molecule has 44 heavy (non-hydrogen) atoms. The fourth-order valence-electron chi connectivity index (χ4n) is 2.65. The van der Waals surface area contributed by atoms with E-state index in [2.05, 4.69) is 14.2 Å². The summed E-state index contributed by atoms with van der Waals surface area (Å²) in [5, 5.41) is 1.79. The average Bonchev–Trinajstić information content (AvgIpc) is 2.78. The van der Waals surface area contributed by atoms with Gasteiger partial charge in [-0.2, -0.15) is 65.9 Å². The van der Waals surface area contributed by atoms with E-state index in [0.29, 0.717) is 6.92 Å². The van der Waals surface area contributed by atoms with Gasteiger partial charge in [-0.05, 0) is 13.3 Å². The second-order valence-corrected chi connectivity index (χ2v) is 10.5. The third kappa shape index (κ3) is 12.0. The Morgan fingerprint density at radius 3 is 1.50 bits per heavy atom. The predicted octanol–water partition coefficient (Wildman–Crippen LogP) is 2.58. The van der Waals surface area contributed by atoms with Crippen molar-refractivity contribution in [2.75, 3.05) is 32.1 Å². The van der Waals surface area contributed by atoms with Gasteiger partial charge in [-0.25, -0.2) is 13.2 Å². The molecule has 0 bridgehead atoms. The zero-order valence-corrected chi connectivity index (χ0v) is 25.4. The Kier molecular flexibility index (Phi) is 15.7. The van der Waals surface area contributed by atoms with Crippen molar-refractivity contribution in [2.24, 2.45) is 0 Å². The molecule has 0 aromatic carbocycles. The van der Waals surface area contributed by atoms with Crippen LogP contribution in [0.25, 0.3) is 0 Å². The van der Waals surface area contributed by atoms with Gasteiger partial charge < -0.3 is 24.1 Å². The van der Waals surface area contributed by atoms with E-state index in [-0.39, 0.29) is 29.6 Å². The minimum absolute atomic E-state index is 0. The topological polar surface area (TPSA) is 114 Å². The molecular weight excluding hydrogens is 694 g/mol. The summed E-state index contributed by atoms with van der Waals surface area (Å²) in [6, 6.07) is 0. The van der Waals surface area contributed by atoms with Gasteiger partial charge in [0.25, 0.3) is 0 Å². The molecule has 0 rings (SSSR count). The quantitative estimate of drug-likeness (QED) is 0.0763. The molecule has 25 heteroatoms. The summed E-state index contributed by atoms with van der Waals surface area (Å²) < 4.78 is 242. The van der Waals surface area contributed by atoms with E-state index >= 15 is 0 Å². The number of nitrogens with one attached hydrogen (secondary N) is 1. The Labute approximate surface area is 261 Å². The maximum Gasteiger partial charge on any atom is 1.00 e. The number of carbonyl (C=O) groups is 1. The van der Waals surface area contributed by atoms with Crippen LogP contribution in [0.15, 0.2) is 0 Å². The van der Waals surface area contributed by atoms with E-state index < -0.39 is 122 Å². The van der Waals surface area contributed by atoms with Crippen molar-refractivity contribution < 1.29 is 127 Å². The molecule has 0 fully saturated rings. The fraction of sp³-hybridized carbons (Fsp3) is 0.947. The molecule has 1 amide bonds. The van der Waals surface area contributed by atoms with Gasteiger partial charge in [-0.3, -0.25) is 0 Å². The number of hydrogen-bond donors (Lipinski definition) is 1. The van der Waals surface area contributed by atoms with Crippen molar-refractivity contribution in [2.45, 2.75) is 80.6 Å². The summed E-state index contributed by atoms with van der Waals surface area (Å²) in [7, 11) is -4.72. The standard InChI is InChI=1S/C19H24F15NO7S.Na/c1-12(10-40-11(36)35-6-3-9-43(37,38)39,41-7-4-14(22,23)16(26,27)13(2,20)21)42-8-5-15(24,25)17(28,29)18(30,31)19(32,33)34;/h3-10H2,1-2H3,(H,35,36)(H,37,38,39);/q;+1/p-1. The maximum absolute atomic E-state index is 13.8.